The Morgan fingerprint density at radius 3 is 2.00 bits per heavy atom. The lowest BCUT2D eigenvalue weighted by atomic mass is 10.7. The molecule has 0 aromatic rings. The van der Waals surface area contributed by atoms with E-state index >= 15 is 0 Å². The van der Waals surface area contributed by atoms with Crippen molar-refractivity contribution in [3.05, 3.63) is 0 Å². The Kier molecular flexibility index (Phi) is 5.65. The highest BCUT2D eigenvalue weighted by Gasteiger charge is 1.92. The largest absolute Gasteiger partial charge is 0.379 e. The summed E-state index contributed by atoms with van der Waals surface area (Å²) in [5.74, 6) is 0. The molecule has 0 saturated carbocycles. The third-order valence-electron chi connectivity index (χ3n) is 0.627. The molecular weight excluding hydrogens is 135 g/mol. The lowest BCUT2D eigenvalue weighted by Gasteiger charge is -1.76. The summed E-state index contributed by atoms with van der Waals surface area (Å²) in [5.41, 5.74) is 0. The first-order valence-electron chi connectivity index (χ1n) is 2.44. The fourth-order valence-electron chi connectivity index (χ4n) is 0.361. The fraction of sp³-hybridized carbons (Fsp3) is 1.00. The minimum absolute atomic E-state index is 0.750. The van der Waals surface area contributed by atoms with Gasteiger partial charge in [0, 0.05) is 6.54 Å². The molecule has 1 fully saturated rings. The van der Waals surface area contributed by atoms with Crippen molar-refractivity contribution in [1.82, 2.24) is 5.32 Å². The molecule has 2 nitrogen and oxygen atoms in total. The third kappa shape index (κ3) is 11.3. The normalized spacial score (nSPS) is 17.3. The maximum absolute atomic E-state index is 9.67. The lowest BCUT2D eigenvalue weighted by Crippen LogP contribution is -2.05. The van der Waals surface area contributed by atoms with E-state index in [1.165, 1.54) is 0 Å². The molecule has 1 N–H and O–H groups in total. The maximum atomic E-state index is 9.67. The predicted molar refractivity (Wildman–Crippen MR) is 25.9 cm³/mol. The quantitative estimate of drug-likeness (QED) is 0.540. The van der Waals surface area contributed by atoms with Crippen LogP contribution in [0, 0.1) is 0 Å². The SMILES string of the molecule is C1COCN1.FC(F)F. The van der Waals surface area contributed by atoms with Crippen LogP contribution in [0.15, 0.2) is 0 Å². The van der Waals surface area contributed by atoms with Gasteiger partial charge in [-0.15, -0.1) is 0 Å². The van der Waals surface area contributed by atoms with Crippen molar-refractivity contribution in [3.63, 3.8) is 0 Å². The number of ether oxygens (including phenoxy) is 1. The summed E-state index contributed by atoms with van der Waals surface area (Å²) in [7, 11) is 0. The Morgan fingerprint density at radius 2 is 1.89 bits per heavy atom. The van der Waals surface area contributed by atoms with Crippen LogP contribution in [0.1, 0.15) is 0 Å². The molecule has 1 rings (SSSR count). The molecule has 0 aliphatic carbocycles. The van der Waals surface area contributed by atoms with Gasteiger partial charge in [0.1, 0.15) is 0 Å². The highest BCUT2D eigenvalue weighted by atomic mass is 19.4. The van der Waals surface area contributed by atoms with E-state index in [0.717, 1.165) is 19.9 Å². The van der Waals surface area contributed by atoms with E-state index in [1.807, 2.05) is 0 Å². The number of nitrogens with one attached hydrogen (secondary N) is 1. The molecular formula is C4H8F3NO. The smallest absolute Gasteiger partial charge is 0.365 e. The van der Waals surface area contributed by atoms with Crippen molar-refractivity contribution in [3.8, 4) is 0 Å². The zero-order chi connectivity index (χ0) is 7.11. The first-order valence-corrected chi connectivity index (χ1v) is 2.44. The number of rotatable bonds is 0. The van der Waals surface area contributed by atoms with Crippen LogP contribution < -0.4 is 5.32 Å². The predicted octanol–water partition coefficient (Wildman–Crippen LogP) is 0.742. The summed E-state index contributed by atoms with van der Waals surface area (Å²) >= 11 is 0. The highest BCUT2D eigenvalue weighted by Crippen LogP contribution is 1.87. The van der Waals surface area contributed by atoms with Crippen molar-refractivity contribution in [2.24, 2.45) is 0 Å². The third-order valence-corrected chi connectivity index (χ3v) is 0.627. The maximum Gasteiger partial charge on any atom is 0.379 e. The van der Waals surface area contributed by atoms with Crippen LogP contribution in [0.25, 0.3) is 0 Å². The fourth-order valence-corrected chi connectivity index (χ4v) is 0.361. The van der Waals surface area contributed by atoms with Crippen molar-refractivity contribution < 1.29 is 17.9 Å². The van der Waals surface area contributed by atoms with Gasteiger partial charge in [0.05, 0.1) is 13.3 Å². The van der Waals surface area contributed by atoms with E-state index in [4.69, 9.17) is 4.74 Å². The summed E-state index contributed by atoms with van der Waals surface area (Å²) in [6.07, 6.45) is 0. The highest BCUT2D eigenvalue weighted by molar-refractivity contribution is 4.43. The first kappa shape index (κ1) is 8.71. The van der Waals surface area contributed by atoms with Crippen molar-refractivity contribution in [2.45, 2.75) is 6.68 Å². The number of hydrogen-bond acceptors (Lipinski definition) is 2. The van der Waals surface area contributed by atoms with Crippen LogP contribution in [0.5, 0.6) is 0 Å². The van der Waals surface area contributed by atoms with E-state index < -0.39 is 6.68 Å². The molecule has 0 amide bonds. The number of alkyl halides is 3. The number of halogens is 3. The Morgan fingerprint density at radius 1 is 1.33 bits per heavy atom. The van der Waals surface area contributed by atoms with Crippen molar-refractivity contribution in [2.75, 3.05) is 19.9 Å². The lowest BCUT2D eigenvalue weighted by molar-refractivity contribution is 0.00819. The van der Waals surface area contributed by atoms with Gasteiger partial charge in [0.25, 0.3) is 0 Å². The van der Waals surface area contributed by atoms with Crippen LogP contribution >= 0.6 is 0 Å². The van der Waals surface area contributed by atoms with E-state index in [9.17, 15) is 13.2 Å². The molecule has 9 heavy (non-hydrogen) atoms. The first-order chi connectivity index (χ1) is 4.23. The average molecular weight is 143 g/mol. The molecule has 0 bridgehead atoms. The standard InChI is InChI=1S/C3H7NO.CHF3/c1-2-5-3-4-1;2-1(3)4/h4H,1-3H2;1H. The zero-order valence-corrected chi connectivity index (χ0v) is 4.74. The topological polar surface area (TPSA) is 21.3 Å². The van der Waals surface area contributed by atoms with E-state index in [1.54, 1.807) is 0 Å². The zero-order valence-electron chi connectivity index (χ0n) is 4.74. The summed E-state index contributed by atoms with van der Waals surface area (Å²) in [6, 6.07) is 0. The molecule has 0 aromatic heterocycles. The van der Waals surface area contributed by atoms with Gasteiger partial charge in [0.2, 0.25) is 0 Å². The van der Waals surface area contributed by atoms with Gasteiger partial charge < -0.3 is 4.74 Å². The van der Waals surface area contributed by atoms with Crippen LogP contribution in [-0.2, 0) is 4.74 Å². The molecule has 1 heterocycles. The number of hydrogen-bond donors (Lipinski definition) is 1. The molecule has 0 atom stereocenters. The molecule has 1 aliphatic rings. The summed E-state index contributed by atoms with van der Waals surface area (Å²) in [6.45, 7) is -1.00. The second kappa shape index (κ2) is 5.84. The summed E-state index contributed by atoms with van der Waals surface area (Å²) < 4.78 is 33.8. The van der Waals surface area contributed by atoms with Gasteiger partial charge in [-0.25, -0.2) is 0 Å². The summed E-state index contributed by atoms with van der Waals surface area (Å²) in [4.78, 5) is 0. The van der Waals surface area contributed by atoms with Gasteiger partial charge in [-0.3, -0.25) is 5.32 Å². The second-order valence-electron chi connectivity index (χ2n) is 1.30. The molecule has 56 valence electrons. The Hall–Kier alpha value is -0.290. The van der Waals surface area contributed by atoms with Crippen molar-refractivity contribution in [1.29, 1.82) is 0 Å². The van der Waals surface area contributed by atoms with Crippen LogP contribution in [0.4, 0.5) is 13.2 Å². The Balaban J connectivity index is 0.000000148. The van der Waals surface area contributed by atoms with Crippen LogP contribution in [0.2, 0.25) is 0 Å². The minimum Gasteiger partial charge on any atom is -0.365 e. The van der Waals surface area contributed by atoms with E-state index in [-0.39, 0.29) is 0 Å². The molecule has 1 aliphatic heterocycles. The van der Waals surface area contributed by atoms with Crippen molar-refractivity contribution >= 4 is 0 Å². The summed E-state index contributed by atoms with van der Waals surface area (Å²) in [5, 5.41) is 3.00. The van der Waals surface area contributed by atoms with E-state index in [2.05, 4.69) is 5.32 Å². The van der Waals surface area contributed by atoms with Gasteiger partial charge in [-0.05, 0) is 0 Å². The van der Waals surface area contributed by atoms with E-state index in [0.29, 0.717) is 0 Å². The van der Waals surface area contributed by atoms with Gasteiger partial charge in [0.15, 0.2) is 0 Å². The molecule has 5 heteroatoms. The van der Waals surface area contributed by atoms with Crippen LogP contribution in [0.3, 0.4) is 0 Å². The molecule has 0 unspecified atom stereocenters. The minimum atomic E-state index is -3.67. The molecule has 1 saturated heterocycles. The Bertz CT molecular complexity index is 47.4. The second-order valence-corrected chi connectivity index (χ2v) is 1.30. The Labute approximate surface area is 51.0 Å². The van der Waals surface area contributed by atoms with Gasteiger partial charge in [-0.1, -0.05) is 0 Å². The molecule has 0 radical (unpaired) electrons. The molecule has 0 aromatic carbocycles. The average Bonchev–Trinajstić information content (AvgIpc) is 2.11. The van der Waals surface area contributed by atoms with Gasteiger partial charge >= 0.3 is 6.68 Å². The molecule has 0 spiro atoms. The monoisotopic (exact) mass is 143 g/mol. The van der Waals surface area contributed by atoms with Gasteiger partial charge in [-0.2, -0.15) is 13.2 Å². The van der Waals surface area contributed by atoms with Crippen LogP contribution in [-0.4, -0.2) is 26.6 Å².